The van der Waals surface area contributed by atoms with Crippen LogP contribution >= 0.6 is 0 Å². The van der Waals surface area contributed by atoms with Gasteiger partial charge in [0.2, 0.25) is 5.91 Å². The third-order valence-corrected chi connectivity index (χ3v) is 4.81. The topological polar surface area (TPSA) is 41.6 Å². The van der Waals surface area contributed by atoms with Gasteiger partial charge in [-0.05, 0) is 31.7 Å². The summed E-state index contributed by atoms with van der Waals surface area (Å²) in [5.74, 6) is -0.145. The largest absolute Gasteiger partial charge is 0.379 e. The summed E-state index contributed by atoms with van der Waals surface area (Å²) in [7, 11) is 0. The normalized spacial score (nSPS) is 30.9. The molecule has 3 aliphatic rings. The summed E-state index contributed by atoms with van der Waals surface area (Å²) in [5.41, 5.74) is 0.116. The Bertz CT molecular complexity index is 567. The Hall–Kier alpha value is -1.46. The number of hydrogen-bond donors (Lipinski definition) is 1. The van der Waals surface area contributed by atoms with Gasteiger partial charge in [0.1, 0.15) is 17.5 Å². The van der Waals surface area contributed by atoms with Gasteiger partial charge in [-0.25, -0.2) is 4.39 Å². The molecule has 4 rings (SSSR count). The van der Waals surface area contributed by atoms with Crippen LogP contribution in [0, 0.1) is 5.82 Å². The van der Waals surface area contributed by atoms with Gasteiger partial charge in [-0.15, -0.1) is 0 Å². The fourth-order valence-electron chi connectivity index (χ4n) is 3.48. The molecule has 0 radical (unpaired) electrons. The molecule has 4 nitrogen and oxygen atoms in total. The molecule has 5 heteroatoms. The van der Waals surface area contributed by atoms with Crippen molar-refractivity contribution in [2.75, 3.05) is 13.2 Å². The highest BCUT2D eigenvalue weighted by Crippen LogP contribution is 2.47. The van der Waals surface area contributed by atoms with Crippen LogP contribution in [0.4, 0.5) is 4.39 Å². The first kappa shape index (κ1) is 13.2. The van der Waals surface area contributed by atoms with Gasteiger partial charge >= 0.3 is 0 Å². The van der Waals surface area contributed by atoms with Gasteiger partial charge < -0.3 is 9.64 Å². The molecule has 1 spiro atoms. The summed E-state index contributed by atoms with van der Waals surface area (Å²) >= 11 is 0. The lowest BCUT2D eigenvalue weighted by molar-refractivity contribution is -0.136. The molecule has 2 unspecified atom stereocenters. The maximum atomic E-state index is 14.2. The molecule has 1 amide bonds. The number of hydrogen-bond acceptors (Lipinski definition) is 3. The maximum absolute atomic E-state index is 14.2. The maximum Gasteiger partial charge on any atom is 0.244 e. The molecule has 1 aromatic carbocycles. The number of rotatable bonds is 2. The zero-order chi connectivity index (χ0) is 14.4. The first-order valence-corrected chi connectivity index (χ1v) is 7.64. The number of nitrogens with one attached hydrogen (secondary N) is 1. The van der Waals surface area contributed by atoms with E-state index in [0.717, 1.165) is 32.3 Å². The Morgan fingerprint density at radius 3 is 2.81 bits per heavy atom. The third kappa shape index (κ3) is 2.07. The van der Waals surface area contributed by atoms with E-state index in [2.05, 4.69) is 5.32 Å². The van der Waals surface area contributed by atoms with E-state index in [1.807, 2.05) is 11.0 Å². The first-order valence-electron chi connectivity index (χ1n) is 7.64. The second kappa shape index (κ2) is 4.78. The molecule has 2 heterocycles. The van der Waals surface area contributed by atoms with Crippen molar-refractivity contribution in [2.24, 2.45) is 0 Å². The van der Waals surface area contributed by atoms with E-state index in [0.29, 0.717) is 12.2 Å². The monoisotopic (exact) mass is 290 g/mol. The Balaban J connectivity index is 1.70. The summed E-state index contributed by atoms with van der Waals surface area (Å²) in [6.07, 6.45) is 3.20. The summed E-state index contributed by atoms with van der Waals surface area (Å²) in [5, 5.41) is 3.38. The minimum atomic E-state index is -0.440. The van der Waals surface area contributed by atoms with E-state index >= 15 is 0 Å². The van der Waals surface area contributed by atoms with Gasteiger partial charge in [-0.3, -0.25) is 10.1 Å². The molecule has 1 aliphatic carbocycles. The lowest BCUT2D eigenvalue weighted by Gasteiger charge is -2.35. The molecule has 2 aliphatic heterocycles. The van der Waals surface area contributed by atoms with E-state index in [4.69, 9.17) is 4.74 Å². The Kier molecular flexibility index (Phi) is 3.01. The standard InChI is InChI=1S/C16H19FN2O2/c17-13-6-2-1-5-12(13)14-18-16(7-8-16)15(20)19(14)11-4-3-9-21-10-11/h1-2,5-6,11,14,18H,3-4,7-10H2. The number of amides is 1. The average molecular weight is 290 g/mol. The molecular formula is C16H19FN2O2. The number of benzene rings is 1. The SMILES string of the molecule is O=C1N(C2CCCOC2)C(c2ccccc2F)NC12CC2. The van der Waals surface area contributed by atoms with Crippen LogP contribution in [0.5, 0.6) is 0 Å². The molecule has 0 aromatic heterocycles. The fourth-order valence-corrected chi connectivity index (χ4v) is 3.48. The van der Waals surface area contributed by atoms with E-state index in [9.17, 15) is 9.18 Å². The molecular weight excluding hydrogens is 271 g/mol. The molecule has 1 N–H and O–H groups in total. The Morgan fingerprint density at radius 1 is 1.33 bits per heavy atom. The number of nitrogens with zero attached hydrogens (tertiary/aromatic N) is 1. The molecule has 2 atom stereocenters. The van der Waals surface area contributed by atoms with E-state index in [1.54, 1.807) is 12.1 Å². The molecule has 21 heavy (non-hydrogen) atoms. The van der Waals surface area contributed by atoms with Crippen LogP contribution in [0.1, 0.15) is 37.4 Å². The molecule has 3 fully saturated rings. The van der Waals surface area contributed by atoms with E-state index < -0.39 is 5.54 Å². The van der Waals surface area contributed by atoms with Gasteiger partial charge in [0, 0.05) is 12.2 Å². The van der Waals surface area contributed by atoms with Gasteiger partial charge in [-0.1, -0.05) is 18.2 Å². The number of carbonyl (C=O) groups is 1. The minimum Gasteiger partial charge on any atom is -0.379 e. The fraction of sp³-hybridized carbons (Fsp3) is 0.562. The molecule has 112 valence electrons. The van der Waals surface area contributed by atoms with Crippen LogP contribution in [0.25, 0.3) is 0 Å². The first-order chi connectivity index (χ1) is 10.2. The second-order valence-corrected chi connectivity index (χ2v) is 6.23. The van der Waals surface area contributed by atoms with Crippen molar-refractivity contribution in [2.45, 2.75) is 43.4 Å². The van der Waals surface area contributed by atoms with Crippen molar-refractivity contribution >= 4 is 5.91 Å². The van der Waals surface area contributed by atoms with Gasteiger partial charge in [0.15, 0.2) is 0 Å². The van der Waals surface area contributed by atoms with Crippen molar-refractivity contribution < 1.29 is 13.9 Å². The van der Waals surface area contributed by atoms with Crippen LogP contribution in [0.15, 0.2) is 24.3 Å². The summed E-state index contributed by atoms with van der Waals surface area (Å²) < 4.78 is 19.7. The quantitative estimate of drug-likeness (QED) is 0.905. The van der Waals surface area contributed by atoms with Crippen LogP contribution in [-0.4, -0.2) is 35.6 Å². The lowest BCUT2D eigenvalue weighted by atomic mass is 10.1. The Labute approximate surface area is 123 Å². The van der Waals surface area contributed by atoms with Gasteiger partial charge in [0.25, 0.3) is 0 Å². The Morgan fingerprint density at radius 2 is 2.14 bits per heavy atom. The molecule has 0 bridgehead atoms. The molecule has 1 saturated carbocycles. The number of ether oxygens (including phenoxy) is 1. The highest BCUT2D eigenvalue weighted by atomic mass is 19.1. The van der Waals surface area contributed by atoms with Gasteiger partial charge in [-0.2, -0.15) is 0 Å². The zero-order valence-electron chi connectivity index (χ0n) is 11.8. The summed E-state index contributed by atoms with van der Waals surface area (Å²) in [6, 6.07) is 6.75. The average Bonchev–Trinajstić information content (AvgIpc) is 3.23. The van der Waals surface area contributed by atoms with Crippen LogP contribution in [0.3, 0.4) is 0 Å². The van der Waals surface area contributed by atoms with Crippen molar-refractivity contribution in [3.63, 3.8) is 0 Å². The van der Waals surface area contributed by atoms with E-state index in [1.165, 1.54) is 6.07 Å². The molecule has 1 aromatic rings. The van der Waals surface area contributed by atoms with Crippen LogP contribution < -0.4 is 5.32 Å². The van der Waals surface area contributed by atoms with Crippen molar-refractivity contribution in [3.05, 3.63) is 35.6 Å². The van der Waals surface area contributed by atoms with Crippen LogP contribution in [0.2, 0.25) is 0 Å². The van der Waals surface area contributed by atoms with Crippen LogP contribution in [-0.2, 0) is 9.53 Å². The zero-order valence-corrected chi connectivity index (χ0v) is 11.8. The summed E-state index contributed by atoms with van der Waals surface area (Å²) in [6.45, 7) is 1.30. The highest BCUT2D eigenvalue weighted by molar-refractivity contribution is 5.92. The number of carbonyl (C=O) groups excluding carboxylic acids is 1. The molecule has 2 saturated heterocycles. The predicted octanol–water partition coefficient (Wildman–Crippen LogP) is 1.97. The van der Waals surface area contributed by atoms with E-state index in [-0.39, 0.29) is 23.9 Å². The van der Waals surface area contributed by atoms with Gasteiger partial charge in [0.05, 0.1) is 12.6 Å². The minimum absolute atomic E-state index is 0.0448. The summed E-state index contributed by atoms with van der Waals surface area (Å²) in [4.78, 5) is 14.6. The third-order valence-electron chi connectivity index (χ3n) is 4.81. The van der Waals surface area contributed by atoms with Crippen molar-refractivity contribution in [1.29, 1.82) is 0 Å². The van der Waals surface area contributed by atoms with Crippen molar-refractivity contribution in [3.8, 4) is 0 Å². The number of halogens is 1. The lowest BCUT2D eigenvalue weighted by Crippen LogP contribution is -2.45. The second-order valence-electron chi connectivity index (χ2n) is 6.23. The smallest absolute Gasteiger partial charge is 0.244 e. The highest BCUT2D eigenvalue weighted by Gasteiger charge is 2.60. The van der Waals surface area contributed by atoms with Crippen molar-refractivity contribution in [1.82, 2.24) is 10.2 Å². The predicted molar refractivity (Wildman–Crippen MR) is 74.9 cm³/mol.